The van der Waals surface area contributed by atoms with Gasteiger partial charge in [-0.15, -0.1) is 0 Å². The summed E-state index contributed by atoms with van der Waals surface area (Å²) >= 11 is 12.3. The van der Waals surface area contributed by atoms with Crippen molar-refractivity contribution in [2.24, 2.45) is 0 Å². The number of carbonyl (C=O) groups is 1. The molecular formula is C22H20Cl2N2O3S. The zero-order chi connectivity index (χ0) is 21.7. The number of rotatable bonds is 7. The van der Waals surface area contributed by atoms with Crippen molar-refractivity contribution in [3.63, 3.8) is 0 Å². The van der Waals surface area contributed by atoms with E-state index in [9.17, 15) is 13.2 Å². The first-order valence-electron chi connectivity index (χ1n) is 9.23. The summed E-state index contributed by atoms with van der Waals surface area (Å²) in [6.07, 6.45) is 0. The van der Waals surface area contributed by atoms with Gasteiger partial charge in [0.05, 0.1) is 21.2 Å². The van der Waals surface area contributed by atoms with Crippen LogP contribution in [-0.4, -0.2) is 20.9 Å². The van der Waals surface area contributed by atoms with Crippen molar-refractivity contribution >= 4 is 44.8 Å². The first kappa shape index (κ1) is 22.2. The number of para-hydroxylation sites is 1. The molecule has 0 saturated heterocycles. The van der Waals surface area contributed by atoms with Crippen LogP contribution in [0, 0.1) is 0 Å². The van der Waals surface area contributed by atoms with Crippen molar-refractivity contribution in [1.82, 2.24) is 5.32 Å². The summed E-state index contributed by atoms with van der Waals surface area (Å²) in [6, 6.07) is 20.0. The van der Waals surface area contributed by atoms with Crippen LogP contribution in [0.25, 0.3) is 0 Å². The predicted molar refractivity (Wildman–Crippen MR) is 121 cm³/mol. The number of benzene rings is 3. The van der Waals surface area contributed by atoms with Crippen molar-refractivity contribution < 1.29 is 13.2 Å². The molecule has 0 atom stereocenters. The number of sulfonamides is 1. The fourth-order valence-electron chi connectivity index (χ4n) is 2.96. The third-order valence-electron chi connectivity index (χ3n) is 4.50. The number of amides is 1. The number of carbonyl (C=O) groups excluding carboxylic acids is 1. The Balaban J connectivity index is 1.88. The molecule has 0 aromatic heterocycles. The Bertz CT molecular complexity index is 1150. The summed E-state index contributed by atoms with van der Waals surface area (Å²) in [7, 11) is -3.88. The standard InChI is InChI=1S/C22H20Cl2N2O3S/c1-2-26(17-9-4-3-5-10-17)30(28,29)18-12-13-21(24)19(14-18)22(27)25-15-16-8-6-7-11-20(16)23/h3-14H,2,15H2,1H3,(H,25,27). The molecule has 1 amide bonds. The lowest BCUT2D eigenvalue weighted by molar-refractivity contribution is 0.0951. The molecule has 0 bridgehead atoms. The Morgan fingerprint density at radius 3 is 2.27 bits per heavy atom. The van der Waals surface area contributed by atoms with Gasteiger partial charge in [0.1, 0.15) is 0 Å². The third kappa shape index (κ3) is 4.78. The average molecular weight is 463 g/mol. The first-order chi connectivity index (χ1) is 14.3. The molecule has 0 aliphatic rings. The van der Waals surface area contributed by atoms with Gasteiger partial charge in [-0.1, -0.05) is 59.6 Å². The maximum absolute atomic E-state index is 13.2. The minimum atomic E-state index is -3.88. The summed E-state index contributed by atoms with van der Waals surface area (Å²) in [5.41, 5.74) is 1.36. The first-order valence-corrected chi connectivity index (χ1v) is 11.4. The Kier molecular flexibility index (Phi) is 7.02. The van der Waals surface area contributed by atoms with Gasteiger partial charge in [0.15, 0.2) is 0 Å². The lowest BCUT2D eigenvalue weighted by atomic mass is 10.2. The number of halogens is 2. The molecule has 0 fully saturated rings. The van der Waals surface area contributed by atoms with E-state index in [2.05, 4.69) is 5.32 Å². The molecule has 0 aliphatic heterocycles. The summed E-state index contributed by atoms with van der Waals surface area (Å²) in [6.45, 7) is 2.18. The van der Waals surface area contributed by atoms with E-state index >= 15 is 0 Å². The Morgan fingerprint density at radius 1 is 0.933 bits per heavy atom. The number of hydrogen-bond donors (Lipinski definition) is 1. The maximum Gasteiger partial charge on any atom is 0.264 e. The van der Waals surface area contributed by atoms with Crippen LogP contribution in [0.2, 0.25) is 10.0 Å². The van der Waals surface area contributed by atoms with Crippen LogP contribution in [0.15, 0.2) is 77.7 Å². The van der Waals surface area contributed by atoms with E-state index in [1.165, 1.54) is 22.5 Å². The molecule has 0 unspecified atom stereocenters. The van der Waals surface area contributed by atoms with E-state index < -0.39 is 15.9 Å². The van der Waals surface area contributed by atoms with Crippen LogP contribution < -0.4 is 9.62 Å². The topological polar surface area (TPSA) is 66.5 Å². The summed E-state index contributed by atoms with van der Waals surface area (Å²) in [5.74, 6) is -0.486. The lowest BCUT2D eigenvalue weighted by Crippen LogP contribution is -2.31. The molecule has 0 aliphatic carbocycles. The van der Waals surface area contributed by atoms with Gasteiger partial charge in [-0.25, -0.2) is 8.42 Å². The van der Waals surface area contributed by atoms with Crippen molar-refractivity contribution in [1.29, 1.82) is 0 Å². The number of hydrogen-bond acceptors (Lipinski definition) is 3. The normalized spacial score (nSPS) is 11.2. The van der Waals surface area contributed by atoms with E-state index in [0.29, 0.717) is 10.7 Å². The van der Waals surface area contributed by atoms with Crippen LogP contribution in [0.4, 0.5) is 5.69 Å². The lowest BCUT2D eigenvalue weighted by Gasteiger charge is -2.23. The smallest absolute Gasteiger partial charge is 0.264 e. The highest BCUT2D eigenvalue weighted by molar-refractivity contribution is 7.92. The number of anilines is 1. The van der Waals surface area contributed by atoms with Gasteiger partial charge in [-0.2, -0.15) is 0 Å². The quantitative estimate of drug-likeness (QED) is 0.528. The van der Waals surface area contributed by atoms with Gasteiger partial charge >= 0.3 is 0 Å². The fourth-order valence-corrected chi connectivity index (χ4v) is 4.87. The van der Waals surface area contributed by atoms with Gasteiger partial charge < -0.3 is 5.32 Å². The summed E-state index contributed by atoms with van der Waals surface area (Å²) in [4.78, 5) is 12.7. The molecule has 3 aromatic rings. The molecule has 3 rings (SSSR count). The highest BCUT2D eigenvalue weighted by atomic mass is 35.5. The van der Waals surface area contributed by atoms with Crippen molar-refractivity contribution in [3.05, 3.63) is 94.0 Å². The highest BCUT2D eigenvalue weighted by Crippen LogP contribution is 2.27. The second-order valence-corrected chi connectivity index (χ2v) is 9.10. The third-order valence-corrected chi connectivity index (χ3v) is 7.10. The fraction of sp³-hybridized carbons (Fsp3) is 0.136. The molecule has 5 nitrogen and oxygen atoms in total. The van der Waals surface area contributed by atoms with E-state index in [1.54, 1.807) is 49.4 Å². The Morgan fingerprint density at radius 2 is 1.60 bits per heavy atom. The van der Waals surface area contributed by atoms with E-state index in [4.69, 9.17) is 23.2 Å². The number of nitrogens with zero attached hydrogens (tertiary/aromatic N) is 1. The second kappa shape index (κ2) is 9.51. The molecule has 156 valence electrons. The second-order valence-electron chi connectivity index (χ2n) is 6.42. The number of nitrogens with one attached hydrogen (secondary N) is 1. The molecule has 1 N–H and O–H groups in total. The van der Waals surface area contributed by atoms with Gasteiger partial charge in [-0.05, 0) is 48.9 Å². The van der Waals surface area contributed by atoms with Gasteiger partial charge in [0.25, 0.3) is 15.9 Å². The molecule has 0 radical (unpaired) electrons. The minimum absolute atomic E-state index is 0.0134. The van der Waals surface area contributed by atoms with Gasteiger partial charge in [-0.3, -0.25) is 9.10 Å². The molecule has 30 heavy (non-hydrogen) atoms. The average Bonchev–Trinajstić information content (AvgIpc) is 2.74. The summed E-state index contributed by atoms with van der Waals surface area (Å²) in [5, 5.41) is 3.42. The summed E-state index contributed by atoms with van der Waals surface area (Å²) < 4.78 is 27.7. The Hall–Kier alpha value is -2.54. The zero-order valence-electron chi connectivity index (χ0n) is 16.2. The highest BCUT2D eigenvalue weighted by Gasteiger charge is 2.25. The van der Waals surface area contributed by atoms with Crippen LogP contribution in [0.3, 0.4) is 0 Å². The largest absolute Gasteiger partial charge is 0.348 e. The zero-order valence-corrected chi connectivity index (χ0v) is 18.5. The molecular weight excluding hydrogens is 443 g/mol. The molecule has 8 heteroatoms. The van der Waals surface area contributed by atoms with Crippen molar-refractivity contribution in [2.75, 3.05) is 10.8 Å². The molecule has 0 spiro atoms. The van der Waals surface area contributed by atoms with Crippen LogP contribution in [0.5, 0.6) is 0 Å². The SMILES string of the molecule is CCN(c1ccccc1)S(=O)(=O)c1ccc(Cl)c(C(=O)NCc2ccccc2Cl)c1. The van der Waals surface area contributed by atoms with E-state index in [-0.39, 0.29) is 28.6 Å². The van der Waals surface area contributed by atoms with Crippen molar-refractivity contribution in [2.45, 2.75) is 18.4 Å². The molecule has 0 saturated carbocycles. The van der Waals surface area contributed by atoms with Crippen LogP contribution in [-0.2, 0) is 16.6 Å². The van der Waals surface area contributed by atoms with Gasteiger partial charge in [0.2, 0.25) is 0 Å². The van der Waals surface area contributed by atoms with E-state index in [1.807, 2.05) is 12.1 Å². The maximum atomic E-state index is 13.2. The Labute approximate surface area is 186 Å². The predicted octanol–water partition coefficient (Wildman–Crippen LogP) is 5.14. The van der Waals surface area contributed by atoms with Crippen LogP contribution in [0.1, 0.15) is 22.8 Å². The monoisotopic (exact) mass is 462 g/mol. The van der Waals surface area contributed by atoms with Gasteiger partial charge in [0, 0.05) is 18.1 Å². The van der Waals surface area contributed by atoms with E-state index in [0.717, 1.165) is 5.56 Å². The van der Waals surface area contributed by atoms with Crippen molar-refractivity contribution in [3.8, 4) is 0 Å². The minimum Gasteiger partial charge on any atom is -0.348 e. The molecule has 0 heterocycles. The van der Waals surface area contributed by atoms with Crippen LogP contribution >= 0.6 is 23.2 Å². The molecule has 3 aromatic carbocycles.